The molecule has 1 aromatic rings. The van der Waals surface area contributed by atoms with Gasteiger partial charge in [-0.1, -0.05) is 17.7 Å². The van der Waals surface area contributed by atoms with Gasteiger partial charge in [-0.05, 0) is 19.1 Å². The number of amides is 1. The van der Waals surface area contributed by atoms with E-state index in [-0.39, 0.29) is 17.2 Å². The molecule has 1 rings (SSSR count). The Hall–Kier alpha value is -1.66. The number of nitro benzene ring substituents is 1. The Morgan fingerprint density at radius 1 is 1.65 bits per heavy atom. The van der Waals surface area contributed by atoms with E-state index in [4.69, 9.17) is 16.7 Å². The molecule has 7 heteroatoms. The standard InChI is InChI=1S/C10H11ClN2O4/c1-6(5-14)12-10(15)7-3-2-4-8(11)9(7)13(16)17/h2-4,6,14H,5H2,1H3,(H,12,15)/t6-/m0/s1. The van der Waals surface area contributed by atoms with Gasteiger partial charge in [0.25, 0.3) is 5.91 Å². The molecule has 6 nitrogen and oxygen atoms in total. The van der Waals surface area contributed by atoms with Crippen molar-refractivity contribution in [2.75, 3.05) is 6.61 Å². The van der Waals surface area contributed by atoms with Crippen molar-refractivity contribution < 1.29 is 14.8 Å². The number of hydrogen-bond donors (Lipinski definition) is 2. The smallest absolute Gasteiger partial charge is 0.300 e. The summed E-state index contributed by atoms with van der Waals surface area (Å²) in [4.78, 5) is 21.8. The first-order valence-corrected chi connectivity index (χ1v) is 5.19. The Labute approximate surface area is 102 Å². The molecule has 17 heavy (non-hydrogen) atoms. The molecule has 0 aromatic heterocycles. The molecule has 0 spiro atoms. The van der Waals surface area contributed by atoms with Crippen LogP contribution in [0.25, 0.3) is 0 Å². The highest BCUT2D eigenvalue weighted by Crippen LogP contribution is 2.27. The number of hydrogen-bond acceptors (Lipinski definition) is 4. The molecule has 0 unspecified atom stereocenters. The van der Waals surface area contributed by atoms with Gasteiger partial charge in [0, 0.05) is 6.04 Å². The summed E-state index contributed by atoms with van der Waals surface area (Å²) in [5, 5.41) is 21.9. The molecule has 0 radical (unpaired) electrons. The highest BCUT2D eigenvalue weighted by atomic mass is 35.5. The predicted molar refractivity (Wildman–Crippen MR) is 62.1 cm³/mol. The van der Waals surface area contributed by atoms with Gasteiger partial charge >= 0.3 is 5.69 Å². The van der Waals surface area contributed by atoms with Crippen LogP contribution >= 0.6 is 11.6 Å². The van der Waals surface area contributed by atoms with Gasteiger partial charge in [0.2, 0.25) is 0 Å². The van der Waals surface area contributed by atoms with Crippen molar-refractivity contribution >= 4 is 23.2 Å². The van der Waals surface area contributed by atoms with E-state index in [0.717, 1.165) is 0 Å². The summed E-state index contributed by atoms with van der Waals surface area (Å²) in [6.07, 6.45) is 0. The minimum absolute atomic E-state index is 0.0979. The Morgan fingerprint density at radius 2 is 2.29 bits per heavy atom. The first-order valence-electron chi connectivity index (χ1n) is 4.82. The number of rotatable bonds is 4. The molecular weight excluding hydrogens is 248 g/mol. The maximum absolute atomic E-state index is 11.7. The van der Waals surface area contributed by atoms with Crippen LogP contribution < -0.4 is 5.32 Å². The van der Waals surface area contributed by atoms with Gasteiger partial charge in [-0.25, -0.2) is 0 Å². The van der Waals surface area contributed by atoms with Gasteiger partial charge in [-0.2, -0.15) is 0 Å². The van der Waals surface area contributed by atoms with Crippen LogP contribution in [0.2, 0.25) is 5.02 Å². The highest BCUT2D eigenvalue weighted by molar-refractivity contribution is 6.33. The maximum Gasteiger partial charge on any atom is 0.300 e. The fourth-order valence-corrected chi connectivity index (χ4v) is 1.47. The summed E-state index contributed by atoms with van der Waals surface area (Å²) in [5.41, 5.74) is -0.556. The average Bonchev–Trinajstić information content (AvgIpc) is 2.27. The van der Waals surface area contributed by atoms with Gasteiger partial charge < -0.3 is 10.4 Å². The van der Waals surface area contributed by atoms with Gasteiger partial charge in [-0.15, -0.1) is 0 Å². The van der Waals surface area contributed by atoms with Crippen LogP contribution in [0, 0.1) is 10.1 Å². The van der Waals surface area contributed by atoms with Crippen molar-refractivity contribution in [2.45, 2.75) is 13.0 Å². The lowest BCUT2D eigenvalue weighted by Gasteiger charge is -2.11. The van der Waals surface area contributed by atoms with Gasteiger partial charge in [0.05, 0.1) is 11.5 Å². The van der Waals surface area contributed by atoms with Crippen LogP contribution in [0.15, 0.2) is 18.2 Å². The molecule has 0 aliphatic rings. The van der Waals surface area contributed by atoms with E-state index in [2.05, 4.69) is 5.32 Å². The Kier molecular flexibility index (Phi) is 4.42. The zero-order valence-electron chi connectivity index (χ0n) is 9.01. The van der Waals surface area contributed by atoms with E-state index >= 15 is 0 Å². The van der Waals surface area contributed by atoms with Crippen LogP contribution in [0.1, 0.15) is 17.3 Å². The Morgan fingerprint density at radius 3 is 2.82 bits per heavy atom. The minimum atomic E-state index is -0.707. The molecule has 0 aliphatic carbocycles. The number of aliphatic hydroxyl groups is 1. The van der Waals surface area contributed by atoms with Gasteiger partial charge in [0.1, 0.15) is 10.6 Å². The third-order valence-corrected chi connectivity index (χ3v) is 2.37. The third kappa shape index (κ3) is 3.15. The van der Waals surface area contributed by atoms with Crippen LogP contribution in [-0.4, -0.2) is 28.6 Å². The summed E-state index contributed by atoms with van der Waals surface area (Å²) in [7, 11) is 0. The van der Waals surface area contributed by atoms with Crippen molar-refractivity contribution in [3.8, 4) is 0 Å². The second kappa shape index (κ2) is 5.60. The number of nitro groups is 1. The summed E-state index contributed by atoms with van der Waals surface area (Å²) >= 11 is 5.67. The normalized spacial score (nSPS) is 11.9. The number of carbonyl (C=O) groups is 1. The molecule has 92 valence electrons. The number of carbonyl (C=O) groups excluding carboxylic acids is 1. The Bertz CT molecular complexity index is 450. The second-order valence-electron chi connectivity index (χ2n) is 3.45. The average molecular weight is 259 g/mol. The third-order valence-electron chi connectivity index (χ3n) is 2.07. The zero-order valence-corrected chi connectivity index (χ0v) is 9.77. The molecule has 1 amide bonds. The molecule has 0 saturated heterocycles. The van der Waals surface area contributed by atoms with Crippen LogP contribution in [0.5, 0.6) is 0 Å². The van der Waals surface area contributed by atoms with E-state index in [1.807, 2.05) is 0 Å². The number of halogens is 1. The first-order chi connectivity index (χ1) is 7.97. The monoisotopic (exact) mass is 258 g/mol. The molecule has 0 fully saturated rings. The fourth-order valence-electron chi connectivity index (χ4n) is 1.23. The quantitative estimate of drug-likeness (QED) is 0.630. The Balaban J connectivity index is 3.09. The van der Waals surface area contributed by atoms with Crippen LogP contribution in [0.4, 0.5) is 5.69 Å². The second-order valence-corrected chi connectivity index (χ2v) is 3.86. The molecule has 1 atom stereocenters. The van der Waals surface area contributed by atoms with Crippen molar-refractivity contribution in [1.29, 1.82) is 0 Å². The minimum Gasteiger partial charge on any atom is -0.394 e. The van der Waals surface area contributed by atoms with Crippen LogP contribution in [-0.2, 0) is 0 Å². The molecule has 1 aromatic carbocycles. The molecule has 0 bridgehead atoms. The molecule has 2 N–H and O–H groups in total. The zero-order chi connectivity index (χ0) is 13.0. The number of para-hydroxylation sites is 1. The van der Waals surface area contributed by atoms with Gasteiger partial charge in [0.15, 0.2) is 0 Å². The van der Waals surface area contributed by atoms with Crippen molar-refractivity contribution in [2.24, 2.45) is 0 Å². The summed E-state index contributed by atoms with van der Waals surface area (Å²) in [6.45, 7) is 1.33. The summed E-state index contributed by atoms with van der Waals surface area (Å²) < 4.78 is 0. The fraction of sp³-hybridized carbons (Fsp3) is 0.300. The van der Waals surface area contributed by atoms with E-state index < -0.39 is 22.6 Å². The van der Waals surface area contributed by atoms with Crippen LogP contribution in [0.3, 0.4) is 0 Å². The number of nitrogens with one attached hydrogen (secondary N) is 1. The van der Waals surface area contributed by atoms with Crippen molar-refractivity contribution in [3.05, 3.63) is 38.9 Å². The lowest BCUT2D eigenvalue weighted by Crippen LogP contribution is -2.35. The molecule has 0 aliphatic heterocycles. The number of benzene rings is 1. The van der Waals surface area contributed by atoms with Crippen molar-refractivity contribution in [1.82, 2.24) is 5.32 Å². The van der Waals surface area contributed by atoms with E-state index in [0.29, 0.717) is 0 Å². The van der Waals surface area contributed by atoms with E-state index in [1.165, 1.54) is 18.2 Å². The lowest BCUT2D eigenvalue weighted by atomic mass is 10.1. The van der Waals surface area contributed by atoms with Crippen molar-refractivity contribution in [3.63, 3.8) is 0 Å². The van der Waals surface area contributed by atoms with Gasteiger partial charge in [-0.3, -0.25) is 14.9 Å². The topological polar surface area (TPSA) is 92.5 Å². The number of aliphatic hydroxyl groups excluding tert-OH is 1. The molecule has 0 saturated carbocycles. The summed E-state index contributed by atoms with van der Waals surface area (Å²) in [5.74, 6) is -0.638. The van der Waals surface area contributed by atoms with E-state index in [9.17, 15) is 14.9 Å². The molecule has 0 heterocycles. The first kappa shape index (κ1) is 13.4. The lowest BCUT2D eigenvalue weighted by molar-refractivity contribution is -0.385. The number of nitrogens with zero attached hydrogens (tertiary/aromatic N) is 1. The largest absolute Gasteiger partial charge is 0.394 e. The molecular formula is C10H11ClN2O4. The highest BCUT2D eigenvalue weighted by Gasteiger charge is 2.24. The maximum atomic E-state index is 11.7. The van der Waals surface area contributed by atoms with E-state index in [1.54, 1.807) is 6.92 Å². The predicted octanol–water partition coefficient (Wildman–Crippen LogP) is 1.36. The SMILES string of the molecule is C[C@@H](CO)NC(=O)c1cccc(Cl)c1[N+](=O)[O-]. The summed E-state index contributed by atoms with van der Waals surface area (Å²) in [6, 6.07) is 3.62.